The largest absolute Gasteiger partial charge is 0.398 e. The van der Waals surface area contributed by atoms with Gasteiger partial charge >= 0.3 is 0 Å². The van der Waals surface area contributed by atoms with Gasteiger partial charge in [0, 0.05) is 30.4 Å². The van der Waals surface area contributed by atoms with E-state index < -0.39 is 0 Å². The molecule has 0 bridgehead atoms. The number of anilines is 1. The van der Waals surface area contributed by atoms with Crippen molar-refractivity contribution in [2.45, 2.75) is 32.0 Å². The van der Waals surface area contributed by atoms with Crippen molar-refractivity contribution in [3.05, 3.63) is 65.5 Å². The Morgan fingerprint density at radius 3 is 2.20 bits per heavy atom. The molecular weight excluding hydrogens is 251 g/mol. The van der Waals surface area contributed by atoms with Gasteiger partial charge in [-0.05, 0) is 30.5 Å². The van der Waals surface area contributed by atoms with E-state index in [0.717, 1.165) is 23.4 Å². The Bertz CT molecular complexity index is 546. The van der Waals surface area contributed by atoms with E-state index in [1.54, 1.807) is 6.07 Å². The van der Waals surface area contributed by atoms with Crippen LogP contribution in [0, 0.1) is 5.82 Å². The molecule has 0 heterocycles. The van der Waals surface area contributed by atoms with Crippen LogP contribution in [-0.4, -0.2) is 10.9 Å². The van der Waals surface area contributed by atoms with Gasteiger partial charge in [0.05, 0.1) is 0 Å². The van der Waals surface area contributed by atoms with Crippen molar-refractivity contribution in [2.75, 3.05) is 5.73 Å². The van der Waals surface area contributed by atoms with Gasteiger partial charge in [-0.2, -0.15) is 0 Å². The third-order valence-corrected chi connectivity index (χ3v) is 3.82. The molecule has 2 aromatic carbocycles. The van der Waals surface area contributed by atoms with Crippen molar-refractivity contribution in [3.8, 4) is 0 Å². The maximum absolute atomic E-state index is 13.8. The predicted molar refractivity (Wildman–Crippen MR) is 79.5 cm³/mol. The minimum atomic E-state index is -0.126. The highest BCUT2D eigenvalue weighted by Crippen LogP contribution is 2.31. The predicted octanol–water partition coefficient (Wildman–Crippen LogP) is 3.57. The fourth-order valence-electron chi connectivity index (χ4n) is 2.50. The van der Waals surface area contributed by atoms with Gasteiger partial charge < -0.3 is 5.73 Å². The van der Waals surface area contributed by atoms with Crippen LogP contribution >= 0.6 is 0 Å². The second-order valence-corrected chi connectivity index (χ2v) is 5.43. The van der Waals surface area contributed by atoms with Crippen LogP contribution in [0.2, 0.25) is 0 Å². The molecule has 1 saturated carbocycles. The summed E-state index contributed by atoms with van der Waals surface area (Å²) in [6, 6.07) is 15.5. The lowest BCUT2D eigenvalue weighted by molar-refractivity contribution is 0.243. The number of halogens is 1. The maximum Gasteiger partial charge on any atom is 0.127 e. The molecule has 0 unspecified atom stereocenters. The zero-order valence-electron chi connectivity index (χ0n) is 11.4. The summed E-state index contributed by atoms with van der Waals surface area (Å²) in [4.78, 5) is 2.32. The van der Waals surface area contributed by atoms with Crippen molar-refractivity contribution < 1.29 is 4.39 Å². The van der Waals surface area contributed by atoms with Crippen molar-refractivity contribution in [1.82, 2.24) is 4.90 Å². The van der Waals surface area contributed by atoms with Gasteiger partial charge in [0.2, 0.25) is 0 Å². The van der Waals surface area contributed by atoms with E-state index in [4.69, 9.17) is 5.73 Å². The molecule has 3 heteroatoms. The van der Waals surface area contributed by atoms with Gasteiger partial charge in [-0.1, -0.05) is 36.4 Å². The molecule has 0 aromatic heterocycles. The van der Waals surface area contributed by atoms with E-state index in [-0.39, 0.29) is 5.82 Å². The van der Waals surface area contributed by atoms with Gasteiger partial charge in [0.25, 0.3) is 0 Å². The lowest BCUT2D eigenvalue weighted by Gasteiger charge is -2.23. The average Bonchev–Trinajstić information content (AvgIpc) is 3.27. The Kier molecular flexibility index (Phi) is 3.70. The molecule has 1 aliphatic carbocycles. The smallest absolute Gasteiger partial charge is 0.127 e. The van der Waals surface area contributed by atoms with E-state index >= 15 is 0 Å². The maximum atomic E-state index is 13.8. The van der Waals surface area contributed by atoms with Crippen LogP contribution < -0.4 is 5.73 Å². The molecular formula is C17H19FN2. The molecule has 1 fully saturated rings. The monoisotopic (exact) mass is 270 g/mol. The first-order chi connectivity index (χ1) is 9.74. The molecule has 2 aromatic rings. The van der Waals surface area contributed by atoms with E-state index in [0.29, 0.717) is 12.6 Å². The zero-order valence-corrected chi connectivity index (χ0v) is 11.4. The molecule has 104 valence electrons. The average molecular weight is 270 g/mol. The molecule has 0 atom stereocenters. The topological polar surface area (TPSA) is 29.3 Å². The summed E-state index contributed by atoms with van der Waals surface area (Å²) in [7, 11) is 0. The highest BCUT2D eigenvalue weighted by atomic mass is 19.1. The number of hydrogen-bond acceptors (Lipinski definition) is 2. The normalized spacial score (nSPS) is 14.7. The van der Waals surface area contributed by atoms with Crippen molar-refractivity contribution >= 4 is 5.69 Å². The van der Waals surface area contributed by atoms with Crippen LogP contribution in [0.15, 0.2) is 48.5 Å². The van der Waals surface area contributed by atoms with Crippen LogP contribution in [-0.2, 0) is 13.1 Å². The van der Waals surface area contributed by atoms with Gasteiger partial charge in [-0.15, -0.1) is 0 Å². The van der Waals surface area contributed by atoms with E-state index in [2.05, 4.69) is 4.90 Å². The summed E-state index contributed by atoms with van der Waals surface area (Å²) in [5.41, 5.74) is 8.70. The first-order valence-corrected chi connectivity index (χ1v) is 7.05. The molecule has 0 aliphatic heterocycles. The summed E-state index contributed by atoms with van der Waals surface area (Å²) in [5.74, 6) is -0.126. The minimum absolute atomic E-state index is 0.126. The fraction of sp³-hybridized carbons (Fsp3) is 0.294. The highest BCUT2D eigenvalue weighted by Gasteiger charge is 2.29. The van der Waals surface area contributed by atoms with Crippen molar-refractivity contribution in [2.24, 2.45) is 0 Å². The highest BCUT2D eigenvalue weighted by molar-refractivity contribution is 5.46. The van der Waals surface area contributed by atoms with Gasteiger partial charge in [-0.3, -0.25) is 4.90 Å². The van der Waals surface area contributed by atoms with Gasteiger partial charge in [0.15, 0.2) is 0 Å². The Morgan fingerprint density at radius 2 is 1.55 bits per heavy atom. The summed E-state index contributed by atoms with van der Waals surface area (Å²) < 4.78 is 13.8. The molecule has 0 radical (unpaired) electrons. The quantitative estimate of drug-likeness (QED) is 0.842. The Morgan fingerprint density at radius 1 is 0.950 bits per heavy atom. The Balaban J connectivity index is 1.77. The number of nitrogens with two attached hydrogens (primary N) is 1. The Labute approximate surface area is 119 Å². The lowest BCUT2D eigenvalue weighted by atomic mass is 10.1. The number of nitrogen functional groups attached to an aromatic ring is 1. The number of hydrogen-bond donors (Lipinski definition) is 1. The SMILES string of the molecule is Nc1ccccc1CN(Cc1ccccc1F)C1CC1. The summed E-state index contributed by atoms with van der Waals surface area (Å²) in [6.07, 6.45) is 2.39. The van der Waals surface area contributed by atoms with Crippen LogP contribution in [0.25, 0.3) is 0 Å². The molecule has 1 aliphatic rings. The third-order valence-electron chi connectivity index (χ3n) is 3.82. The molecule has 0 saturated heterocycles. The molecule has 0 amide bonds. The van der Waals surface area contributed by atoms with E-state index in [1.807, 2.05) is 36.4 Å². The Hall–Kier alpha value is -1.87. The molecule has 3 rings (SSSR count). The van der Waals surface area contributed by atoms with E-state index in [1.165, 1.54) is 18.9 Å². The summed E-state index contributed by atoms with van der Waals surface area (Å²) >= 11 is 0. The van der Waals surface area contributed by atoms with Gasteiger partial charge in [0.1, 0.15) is 5.82 Å². The second kappa shape index (κ2) is 5.63. The van der Waals surface area contributed by atoms with Crippen LogP contribution in [0.5, 0.6) is 0 Å². The van der Waals surface area contributed by atoms with Crippen LogP contribution in [0.4, 0.5) is 10.1 Å². The minimum Gasteiger partial charge on any atom is -0.398 e. The lowest BCUT2D eigenvalue weighted by Crippen LogP contribution is -2.26. The van der Waals surface area contributed by atoms with E-state index in [9.17, 15) is 4.39 Å². The third kappa shape index (κ3) is 2.99. The molecule has 2 N–H and O–H groups in total. The fourth-order valence-corrected chi connectivity index (χ4v) is 2.50. The number of para-hydroxylation sites is 1. The van der Waals surface area contributed by atoms with Crippen LogP contribution in [0.3, 0.4) is 0 Å². The number of benzene rings is 2. The molecule has 0 spiro atoms. The molecule has 20 heavy (non-hydrogen) atoms. The van der Waals surface area contributed by atoms with Crippen molar-refractivity contribution in [3.63, 3.8) is 0 Å². The summed E-state index contributed by atoms with van der Waals surface area (Å²) in [6.45, 7) is 1.43. The second-order valence-electron chi connectivity index (χ2n) is 5.43. The summed E-state index contributed by atoms with van der Waals surface area (Å²) in [5, 5.41) is 0. The standard InChI is InChI=1S/C17H19FN2/c18-16-7-3-1-5-13(16)11-20(15-9-10-15)12-14-6-2-4-8-17(14)19/h1-8,15H,9-12,19H2. The van der Waals surface area contributed by atoms with Crippen molar-refractivity contribution in [1.29, 1.82) is 0 Å². The number of nitrogens with zero attached hydrogens (tertiary/aromatic N) is 1. The first kappa shape index (κ1) is 13.1. The molecule has 2 nitrogen and oxygen atoms in total. The first-order valence-electron chi connectivity index (χ1n) is 7.05. The number of rotatable bonds is 5. The van der Waals surface area contributed by atoms with Gasteiger partial charge in [-0.25, -0.2) is 4.39 Å². The zero-order chi connectivity index (χ0) is 13.9. The van der Waals surface area contributed by atoms with Crippen LogP contribution in [0.1, 0.15) is 24.0 Å².